The third-order valence-corrected chi connectivity index (χ3v) is 7.57. The minimum Gasteiger partial charge on any atom is -0.342 e. The van der Waals surface area contributed by atoms with E-state index in [0.717, 1.165) is 37.1 Å². The number of hydrogen-bond donors (Lipinski definition) is 0. The van der Waals surface area contributed by atoms with Gasteiger partial charge in [-0.1, -0.05) is 36.8 Å². The van der Waals surface area contributed by atoms with E-state index < -0.39 is 10.0 Å². The number of hydrogen-bond acceptors (Lipinski definition) is 3. The second-order valence-electron chi connectivity index (χ2n) is 7.93. The molecular weight excluding hydrogens is 348 g/mol. The lowest BCUT2D eigenvalue weighted by Gasteiger charge is -2.36. The van der Waals surface area contributed by atoms with Gasteiger partial charge in [-0.25, -0.2) is 12.7 Å². The summed E-state index contributed by atoms with van der Waals surface area (Å²) in [6.45, 7) is 6.81. The fraction of sp³-hybridized carbons (Fsp3) is 0.650. The predicted octanol–water partition coefficient (Wildman–Crippen LogP) is 2.80. The summed E-state index contributed by atoms with van der Waals surface area (Å²) in [6.07, 6.45) is 3.43. The fourth-order valence-corrected chi connectivity index (χ4v) is 5.52. The molecule has 2 aliphatic rings. The Morgan fingerprint density at radius 2 is 1.73 bits per heavy atom. The highest BCUT2D eigenvalue weighted by molar-refractivity contribution is 7.88. The summed E-state index contributed by atoms with van der Waals surface area (Å²) in [4.78, 5) is 14.7. The van der Waals surface area contributed by atoms with Gasteiger partial charge >= 0.3 is 0 Å². The Balaban J connectivity index is 1.55. The first kappa shape index (κ1) is 19.4. The van der Waals surface area contributed by atoms with Gasteiger partial charge in [0.15, 0.2) is 0 Å². The Bertz CT molecular complexity index is 731. The van der Waals surface area contributed by atoms with Crippen molar-refractivity contribution in [1.82, 2.24) is 9.21 Å². The summed E-state index contributed by atoms with van der Waals surface area (Å²) in [6, 6.07) is 7.64. The topological polar surface area (TPSA) is 57.7 Å². The highest BCUT2D eigenvalue weighted by Gasteiger charge is 2.33. The van der Waals surface area contributed by atoms with Crippen LogP contribution in [0.4, 0.5) is 0 Å². The van der Waals surface area contributed by atoms with Crippen LogP contribution in [-0.2, 0) is 20.6 Å². The van der Waals surface area contributed by atoms with Crippen LogP contribution < -0.4 is 0 Å². The molecule has 2 heterocycles. The average molecular weight is 379 g/mol. The number of rotatable bonds is 4. The van der Waals surface area contributed by atoms with Crippen molar-refractivity contribution in [3.63, 3.8) is 0 Å². The van der Waals surface area contributed by atoms with Crippen molar-refractivity contribution in [1.29, 1.82) is 0 Å². The second kappa shape index (κ2) is 8.09. The Labute approximate surface area is 157 Å². The molecule has 2 aliphatic heterocycles. The minimum atomic E-state index is -3.33. The largest absolute Gasteiger partial charge is 0.342 e. The summed E-state index contributed by atoms with van der Waals surface area (Å²) in [5, 5.41) is 0. The van der Waals surface area contributed by atoms with E-state index in [1.54, 1.807) is 4.31 Å². The summed E-state index contributed by atoms with van der Waals surface area (Å²) in [7, 11) is -3.33. The standard InChI is InChI=1S/C20H30N2O3S/c1-16-6-10-21(11-7-16)20(23)19-8-12-22(13-9-19)26(24,25)15-18-5-3-4-17(2)14-18/h3-5,14,16,19H,6-13,15H2,1-2H3. The molecule has 0 N–H and O–H groups in total. The molecule has 0 spiro atoms. The van der Waals surface area contributed by atoms with E-state index in [1.807, 2.05) is 36.1 Å². The maximum absolute atomic E-state index is 12.7. The Morgan fingerprint density at radius 1 is 1.08 bits per heavy atom. The van der Waals surface area contributed by atoms with Crippen molar-refractivity contribution >= 4 is 15.9 Å². The van der Waals surface area contributed by atoms with E-state index >= 15 is 0 Å². The lowest BCUT2D eigenvalue weighted by atomic mass is 9.93. The second-order valence-corrected chi connectivity index (χ2v) is 9.90. The quantitative estimate of drug-likeness (QED) is 0.809. The van der Waals surface area contributed by atoms with Crippen molar-refractivity contribution in [2.24, 2.45) is 11.8 Å². The zero-order chi connectivity index (χ0) is 18.7. The van der Waals surface area contributed by atoms with Crippen LogP contribution in [0, 0.1) is 18.8 Å². The number of likely N-dealkylation sites (tertiary alicyclic amines) is 1. The summed E-state index contributed by atoms with van der Waals surface area (Å²) >= 11 is 0. The molecule has 0 aliphatic carbocycles. The summed E-state index contributed by atoms with van der Waals surface area (Å²) < 4.78 is 27.0. The molecule has 0 atom stereocenters. The van der Waals surface area contributed by atoms with Gasteiger partial charge in [0.25, 0.3) is 0 Å². The first-order valence-corrected chi connectivity index (χ1v) is 11.3. The normalized spacial score (nSPS) is 21.1. The van der Waals surface area contributed by atoms with Crippen LogP contribution in [-0.4, -0.2) is 49.7 Å². The van der Waals surface area contributed by atoms with Gasteiger partial charge in [0.05, 0.1) is 5.75 Å². The van der Waals surface area contributed by atoms with Gasteiger partial charge in [-0.2, -0.15) is 0 Å². The van der Waals surface area contributed by atoms with Gasteiger partial charge in [0.2, 0.25) is 15.9 Å². The molecule has 0 radical (unpaired) electrons. The van der Waals surface area contributed by atoms with E-state index in [9.17, 15) is 13.2 Å². The van der Waals surface area contributed by atoms with Crippen LogP contribution in [0.3, 0.4) is 0 Å². The van der Waals surface area contributed by atoms with Crippen LogP contribution in [0.1, 0.15) is 43.7 Å². The molecule has 0 bridgehead atoms. The van der Waals surface area contributed by atoms with Crippen molar-refractivity contribution in [3.05, 3.63) is 35.4 Å². The number of piperidine rings is 2. The lowest BCUT2D eigenvalue weighted by Crippen LogP contribution is -2.46. The molecule has 6 heteroatoms. The monoisotopic (exact) mass is 378 g/mol. The molecule has 26 heavy (non-hydrogen) atoms. The number of aryl methyl sites for hydroxylation is 1. The molecule has 2 fully saturated rings. The average Bonchev–Trinajstić information content (AvgIpc) is 2.61. The number of sulfonamides is 1. The molecule has 5 nitrogen and oxygen atoms in total. The summed E-state index contributed by atoms with van der Waals surface area (Å²) in [5.41, 5.74) is 1.89. The van der Waals surface area contributed by atoms with Gasteiger partial charge in [-0.3, -0.25) is 4.79 Å². The van der Waals surface area contributed by atoms with Crippen LogP contribution in [0.15, 0.2) is 24.3 Å². The maximum atomic E-state index is 12.7. The van der Waals surface area contributed by atoms with E-state index in [-0.39, 0.29) is 17.6 Å². The zero-order valence-electron chi connectivity index (χ0n) is 15.9. The molecule has 0 saturated carbocycles. The highest BCUT2D eigenvalue weighted by Crippen LogP contribution is 2.25. The Kier molecular flexibility index (Phi) is 6.03. The number of carbonyl (C=O) groups is 1. The van der Waals surface area contributed by atoms with Crippen molar-refractivity contribution in [2.45, 2.75) is 45.3 Å². The van der Waals surface area contributed by atoms with Crippen molar-refractivity contribution in [2.75, 3.05) is 26.2 Å². The molecule has 1 aromatic rings. The number of nitrogens with zero attached hydrogens (tertiary/aromatic N) is 2. The van der Waals surface area contributed by atoms with Gasteiger partial charge < -0.3 is 4.90 Å². The van der Waals surface area contributed by atoms with Gasteiger partial charge in [0.1, 0.15) is 0 Å². The third kappa shape index (κ3) is 4.65. The minimum absolute atomic E-state index is 0.0196. The van der Waals surface area contributed by atoms with Crippen LogP contribution in [0.2, 0.25) is 0 Å². The summed E-state index contributed by atoms with van der Waals surface area (Å²) in [5.74, 6) is 0.950. The van der Waals surface area contributed by atoms with E-state index in [0.29, 0.717) is 31.8 Å². The Morgan fingerprint density at radius 3 is 2.35 bits per heavy atom. The van der Waals surface area contributed by atoms with Gasteiger partial charge in [0, 0.05) is 32.1 Å². The number of carbonyl (C=O) groups excluding carboxylic acids is 1. The van der Waals surface area contributed by atoms with Crippen molar-refractivity contribution in [3.8, 4) is 0 Å². The number of amides is 1. The predicted molar refractivity (Wildman–Crippen MR) is 103 cm³/mol. The van der Waals surface area contributed by atoms with E-state index in [2.05, 4.69) is 6.92 Å². The molecule has 0 unspecified atom stereocenters. The van der Waals surface area contributed by atoms with Crippen LogP contribution in [0.5, 0.6) is 0 Å². The maximum Gasteiger partial charge on any atom is 0.225 e. The molecule has 3 rings (SSSR count). The van der Waals surface area contributed by atoms with Gasteiger partial charge in [-0.15, -0.1) is 0 Å². The molecule has 1 amide bonds. The molecule has 0 aromatic heterocycles. The van der Waals surface area contributed by atoms with Crippen LogP contribution in [0.25, 0.3) is 0 Å². The van der Waals surface area contributed by atoms with Crippen molar-refractivity contribution < 1.29 is 13.2 Å². The first-order chi connectivity index (χ1) is 12.3. The lowest BCUT2D eigenvalue weighted by molar-refractivity contribution is -0.138. The number of benzene rings is 1. The Hall–Kier alpha value is -1.40. The molecule has 2 saturated heterocycles. The zero-order valence-corrected chi connectivity index (χ0v) is 16.7. The van der Waals surface area contributed by atoms with E-state index in [4.69, 9.17) is 0 Å². The smallest absolute Gasteiger partial charge is 0.225 e. The highest BCUT2D eigenvalue weighted by atomic mass is 32.2. The molecule has 1 aromatic carbocycles. The first-order valence-electron chi connectivity index (χ1n) is 9.67. The third-order valence-electron chi connectivity index (χ3n) is 5.72. The van der Waals surface area contributed by atoms with E-state index in [1.165, 1.54) is 0 Å². The molecule has 144 valence electrons. The fourth-order valence-electron chi connectivity index (χ4n) is 3.97. The van der Waals surface area contributed by atoms with Gasteiger partial charge in [-0.05, 0) is 44.1 Å². The SMILES string of the molecule is Cc1cccc(CS(=O)(=O)N2CCC(C(=O)N3CCC(C)CC3)CC2)c1. The van der Waals surface area contributed by atoms with Crippen LogP contribution >= 0.6 is 0 Å². The molecular formula is C20H30N2O3S.